The van der Waals surface area contributed by atoms with Gasteiger partial charge in [-0.25, -0.2) is 9.48 Å². The fourth-order valence-corrected chi connectivity index (χ4v) is 2.88. The van der Waals surface area contributed by atoms with Gasteiger partial charge in [0.1, 0.15) is 6.54 Å². The van der Waals surface area contributed by atoms with Gasteiger partial charge in [0, 0.05) is 5.02 Å². The number of aromatic carboxylic acids is 1. The fraction of sp³-hybridized carbons (Fsp3) is 0.375. The third-order valence-electron chi connectivity index (χ3n) is 4.23. The molecule has 1 amide bonds. The number of carboxylic acid groups (broad SMARTS) is 1. The lowest BCUT2D eigenvalue weighted by Gasteiger charge is -2.34. The monoisotopic (exact) mass is 348 g/mol. The van der Waals surface area contributed by atoms with E-state index in [4.69, 9.17) is 16.7 Å². The smallest absolute Gasteiger partial charge is 0.358 e. The zero-order chi connectivity index (χ0) is 17.1. The van der Waals surface area contributed by atoms with Gasteiger partial charge in [-0.3, -0.25) is 4.79 Å². The summed E-state index contributed by atoms with van der Waals surface area (Å²) in [4.78, 5) is 23.1. The topological polar surface area (TPSA) is 97.1 Å². The number of aromatic nitrogens is 3. The third-order valence-corrected chi connectivity index (χ3v) is 4.48. The van der Waals surface area contributed by atoms with Crippen LogP contribution in [0.5, 0.6) is 0 Å². The zero-order valence-corrected chi connectivity index (χ0v) is 13.6. The molecule has 3 rings (SSSR count). The number of hydrogen-bond donors (Lipinski definition) is 2. The fourth-order valence-electron chi connectivity index (χ4n) is 2.76. The lowest BCUT2D eigenvalue weighted by atomic mass is 9.77. The number of carbonyl (C=O) groups is 2. The van der Waals surface area contributed by atoms with E-state index in [-0.39, 0.29) is 24.2 Å². The molecule has 1 aromatic carbocycles. The van der Waals surface area contributed by atoms with Crippen molar-refractivity contribution in [2.45, 2.75) is 31.8 Å². The van der Waals surface area contributed by atoms with E-state index in [0.717, 1.165) is 24.8 Å². The largest absolute Gasteiger partial charge is 0.476 e. The number of halogens is 1. The van der Waals surface area contributed by atoms with E-state index in [1.54, 1.807) is 0 Å². The molecular formula is C16H17ClN4O3. The van der Waals surface area contributed by atoms with Crippen LogP contribution in [0.1, 0.15) is 41.4 Å². The van der Waals surface area contributed by atoms with Crippen LogP contribution in [0.4, 0.5) is 0 Å². The number of carbonyl (C=O) groups excluding carboxylic acids is 1. The number of benzene rings is 1. The number of hydrogen-bond acceptors (Lipinski definition) is 4. The molecule has 1 aromatic heterocycles. The first-order valence-corrected chi connectivity index (χ1v) is 8.09. The lowest BCUT2D eigenvalue weighted by Crippen LogP contribution is -2.38. The predicted molar refractivity (Wildman–Crippen MR) is 86.7 cm³/mol. The second-order valence-electron chi connectivity index (χ2n) is 5.89. The zero-order valence-electron chi connectivity index (χ0n) is 12.9. The second kappa shape index (κ2) is 7.00. The second-order valence-corrected chi connectivity index (χ2v) is 6.33. The van der Waals surface area contributed by atoms with E-state index in [1.807, 2.05) is 24.3 Å². The molecule has 0 radical (unpaired) electrons. The Labute approximate surface area is 143 Å². The van der Waals surface area contributed by atoms with Crippen LogP contribution in [0.15, 0.2) is 30.5 Å². The van der Waals surface area contributed by atoms with Crippen molar-refractivity contribution in [3.63, 3.8) is 0 Å². The highest BCUT2D eigenvalue weighted by atomic mass is 35.5. The molecular weight excluding hydrogens is 332 g/mol. The van der Waals surface area contributed by atoms with Gasteiger partial charge in [0.15, 0.2) is 5.69 Å². The summed E-state index contributed by atoms with van der Waals surface area (Å²) < 4.78 is 1.22. The van der Waals surface area contributed by atoms with Gasteiger partial charge in [0.25, 0.3) is 0 Å². The van der Waals surface area contributed by atoms with Gasteiger partial charge in [-0.1, -0.05) is 35.4 Å². The molecule has 2 aromatic rings. The quantitative estimate of drug-likeness (QED) is 0.834. The van der Waals surface area contributed by atoms with Crippen molar-refractivity contribution < 1.29 is 14.7 Å². The molecule has 24 heavy (non-hydrogen) atoms. The van der Waals surface area contributed by atoms with E-state index < -0.39 is 5.97 Å². The molecule has 1 fully saturated rings. The van der Waals surface area contributed by atoms with E-state index in [1.165, 1.54) is 10.9 Å². The van der Waals surface area contributed by atoms with Crippen LogP contribution >= 0.6 is 11.6 Å². The molecule has 1 atom stereocenters. The summed E-state index contributed by atoms with van der Waals surface area (Å²) in [5, 5.41) is 19.7. The Morgan fingerprint density at radius 2 is 2.04 bits per heavy atom. The average molecular weight is 349 g/mol. The van der Waals surface area contributed by atoms with Crippen molar-refractivity contribution in [1.29, 1.82) is 0 Å². The molecule has 0 aliphatic heterocycles. The summed E-state index contributed by atoms with van der Waals surface area (Å²) in [6.07, 6.45) is 4.54. The van der Waals surface area contributed by atoms with Crippen molar-refractivity contribution in [2.75, 3.05) is 0 Å². The average Bonchev–Trinajstić information content (AvgIpc) is 2.94. The van der Waals surface area contributed by atoms with Gasteiger partial charge in [-0.15, -0.1) is 5.10 Å². The summed E-state index contributed by atoms with van der Waals surface area (Å²) >= 11 is 5.93. The highest BCUT2D eigenvalue weighted by molar-refractivity contribution is 6.30. The minimum Gasteiger partial charge on any atom is -0.476 e. The first kappa shape index (κ1) is 16.4. The van der Waals surface area contributed by atoms with Crippen LogP contribution in [0, 0.1) is 5.92 Å². The molecule has 2 N–H and O–H groups in total. The number of amides is 1. The highest BCUT2D eigenvalue weighted by Gasteiger charge is 2.29. The SMILES string of the molecule is O=C(Cn1cc(C(=O)O)nn1)NC(c1ccc(Cl)cc1)C1CCC1. The first-order chi connectivity index (χ1) is 11.5. The van der Waals surface area contributed by atoms with Crippen LogP contribution < -0.4 is 5.32 Å². The summed E-state index contributed by atoms with van der Waals surface area (Å²) in [5.41, 5.74) is 0.832. The molecule has 126 valence electrons. The van der Waals surface area contributed by atoms with Gasteiger partial charge in [-0.05, 0) is 36.5 Å². The molecule has 0 spiro atoms. The van der Waals surface area contributed by atoms with Gasteiger partial charge in [-0.2, -0.15) is 0 Å². The Morgan fingerprint density at radius 3 is 2.58 bits per heavy atom. The van der Waals surface area contributed by atoms with Crippen LogP contribution in [0.3, 0.4) is 0 Å². The highest BCUT2D eigenvalue weighted by Crippen LogP contribution is 2.37. The molecule has 1 heterocycles. The predicted octanol–water partition coefficient (Wildman–Crippen LogP) is 2.29. The van der Waals surface area contributed by atoms with Crippen molar-refractivity contribution in [3.05, 3.63) is 46.7 Å². The number of nitrogens with one attached hydrogen (secondary N) is 1. The standard InChI is InChI=1S/C16H17ClN4O3/c17-12-6-4-11(5-7-12)15(10-2-1-3-10)18-14(22)9-21-8-13(16(23)24)19-20-21/h4-8,10,15H,1-3,9H2,(H,18,22)(H,23,24). The molecule has 0 bridgehead atoms. The van der Waals surface area contributed by atoms with Crippen molar-refractivity contribution in [2.24, 2.45) is 5.92 Å². The van der Waals surface area contributed by atoms with Crippen LogP contribution in [-0.4, -0.2) is 32.0 Å². The van der Waals surface area contributed by atoms with Crippen molar-refractivity contribution >= 4 is 23.5 Å². The summed E-state index contributed by atoms with van der Waals surface area (Å²) in [6, 6.07) is 7.38. The van der Waals surface area contributed by atoms with Gasteiger partial charge in [0.05, 0.1) is 12.2 Å². The normalized spacial score (nSPS) is 15.5. The molecule has 1 aliphatic carbocycles. The minimum atomic E-state index is -1.17. The summed E-state index contributed by atoms with van der Waals surface area (Å²) in [6.45, 7) is -0.0723. The Morgan fingerprint density at radius 1 is 1.33 bits per heavy atom. The minimum absolute atomic E-state index is 0.0723. The number of carboxylic acids is 1. The molecule has 1 aliphatic rings. The number of nitrogens with zero attached hydrogens (tertiary/aromatic N) is 3. The Bertz CT molecular complexity index is 740. The van der Waals surface area contributed by atoms with Crippen molar-refractivity contribution in [1.82, 2.24) is 20.3 Å². The maximum atomic E-state index is 12.3. The van der Waals surface area contributed by atoms with Gasteiger partial charge < -0.3 is 10.4 Å². The first-order valence-electron chi connectivity index (χ1n) is 7.71. The molecule has 1 saturated carbocycles. The van der Waals surface area contributed by atoms with Crippen molar-refractivity contribution in [3.8, 4) is 0 Å². The molecule has 1 unspecified atom stereocenters. The maximum Gasteiger partial charge on any atom is 0.358 e. The van der Waals surface area contributed by atoms with Crippen LogP contribution in [0.25, 0.3) is 0 Å². The van der Waals surface area contributed by atoms with Gasteiger partial charge >= 0.3 is 5.97 Å². The molecule has 7 nitrogen and oxygen atoms in total. The van der Waals surface area contributed by atoms with E-state index >= 15 is 0 Å². The Hall–Kier alpha value is -2.41. The van der Waals surface area contributed by atoms with Crippen LogP contribution in [-0.2, 0) is 11.3 Å². The van der Waals surface area contributed by atoms with E-state index in [0.29, 0.717) is 10.9 Å². The Balaban J connectivity index is 1.68. The van der Waals surface area contributed by atoms with Crippen LogP contribution in [0.2, 0.25) is 5.02 Å². The van der Waals surface area contributed by atoms with Gasteiger partial charge in [0.2, 0.25) is 5.91 Å². The lowest BCUT2D eigenvalue weighted by molar-refractivity contribution is -0.123. The molecule has 8 heteroatoms. The van der Waals surface area contributed by atoms with E-state index in [2.05, 4.69) is 15.6 Å². The third kappa shape index (κ3) is 3.73. The Kier molecular flexibility index (Phi) is 4.80. The summed E-state index contributed by atoms with van der Waals surface area (Å²) in [5.74, 6) is -1.00. The van der Waals surface area contributed by atoms with E-state index in [9.17, 15) is 9.59 Å². The molecule has 0 saturated heterocycles. The summed E-state index contributed by atoms with van der Waals surface area (Å²) in [7, 11) is 0. The number of rotatable bonds is 6. The maximum absolute atomic E-state index is 12.3.